The zero-order valence-corrected chi connectivity index (χ0v) is 18.5. The second-order valence-corrected chi connectivity index (χ2v) is 8.92. The van der Waals surface area contributed by atoms with Gasteiger partial charge >= 0.3 is 6.18 Å². The molecule has 0 saturated carbocycles. The van der Waals surface area contributed by atoms with E-state index in [9.17, 15) is 18.0 Å². The first kappa shape index (κ1) is 22.4. The summed E-state index contributed by atoms with van der Waals surface area (Å²) in [7, 11) is 0. The smallest absolute Gasteiger partial charge is 0.390 e. The molecule has 1 aliphatic heterocycles. The molecule has 32 heavy (non-hydrogen) atoms. The van der Waals surface area contributed by atoms with Crippen LogP contribution in [0.15, 0.2) is 53.9 Å². The second kappa shape index (κ2) is 8.96. The van der Waals surface area contributed by atoms with Crippen molar-refractivity contribution in [2.24, 2.45) is 0 Å². The van der Waals surface area contributed by atoms with Gasteiger partial charge in [-0.1, -0.05) is 29.8 Å². The van der Waals surface area contributed by atoms with Gasteiger partial charge in [-0.2, -0.15) is 13.2 Å². The Hall–Kier alpha value is -2.84. The molecule has 3 aromatic rings. The minimum absolute atomic E-state index is 0.00429. The number of thiophene rings is 1. The summed E-state index contributed by atoms with van der Waals surface area (Å²) in [6.45, 7) is 5.96. The van der Waals surface area contributed by atoms with Crippen LogP contribution in [0, 0.1) is 6.92 Å². The summed E-state index contributed by atoms with van der Waals surface area (Å²) in [6.07, 6.45) is -4.50. The largest absolute Gasteiger partial charge is 0.416 e. The Bertz CT molecular complexity index is 1100. The van der Waals surface area contributed by atoms with Gasteiger partial charge in [0.1, 0.15) is 0 Å². The summed E-state index contributed by atoms with van der Waals surface area (Å²) in [4.78, 5) is 17.6. The monoisotopic (exact) mass is 459 g/mol. The number of nitrogens with zero attached hydrogens (tertiary/aromatic N) is 2. The third-order valence-corrected chi connectivity index (χ3v) is 6.60. The fourth-order valence-electron chi connectivity index (χ4n) is 3.93. The van der Waals surface area contributed by atoms with Gasteiger partial charge in [-0.25, -0.2) is 0 Å². The standard InChI is InChI=1S/C24H24F3N3OS/c1-16-5-7-20(8-6-16)30-11-9-29(10-12-30)14-18-15-32-23(28)21(18)22(31)17-3-2-4-19(13-17)24(25,26)27/h2-8,13,15H,9-12,14,28H2,1H3. The van der Waals surface area contributed by atoms with Gasteiger partial charge in [0.2, 0.25) is 0 Å². The van der Waals surface area contributed by atoms with Crippen LogP contribution in [-0.2, 0) is 12.7 Å². The number of alkyl halides is 3. The lowest BCUT2D eigenvalue weighted by atomic mass is 9.99. The Morgan fingerprint density at radius 1 is 1.06 bits per heavy atom. The van der Waals surface area contributed by atoms with Crippen molar-refractivity contribution in [2.45, 2.75) is 19.6 Å². The molecule has 4 rings (SSSR count). The first-order chi connectivity index (χ1) is 15.2. The van der Waals surface area contributed by atoms with Crippen molar-refractivity contribution in [1.29, 1.82) is 0 Å². The first-order valence-electron chi connectivity index (χ1n) is 10.3. The number of halogens is 3. The number of carbonyl (C=O) groups is 1. The number of piperazine rings is 1. The lowest BCUT2D eigenvalue weighted by Crippen LogP contribution is -2.46. The van der Waals surface area contributed by atoms with Gasteiger partial charge in [0.25, 0.3) is 0 Å². The maximum Gasteiger partial charge on any atom is 0.416 e. The Kier molecular flexibility index (Phi) is 6.26. The van der Waals surface area contributed by atoms with Crippen LogP contribution in [0.5, 0.6) is 0 Å². The number of hydrogen-bond donors (Lipinski definition) is 1. The van der Waals surface area contributed by atoms with Crippen LogP contribution in [0.1, 0.15) is 32.6 Å². The van der Waals surface area contributed by atoms with Crippen molar-refractivity contribution in [1.82, 2.24) is 4.90 Å². The number of carbonyl (C=O) groups excluding carboxylic acids is 1. The van der Waals surface area contributed by atoms with Crippen LogP contribution < -0.4 is 10.6 Å². The summed E-state index contributed by atoms with van der Waals surface area (Å²) in [5, 5.41) is 2.17. The first-order valence-corrected chi connectivity index (χ1v) is 11.2. The van der Waals surface area contributed by atoms with E-state index in [1.165, 1.54) is 34.7 Å². The topological polar surface area (TPSA) is 49.6 Å². The molecule has 0 spiro atoms. The van der Waals surface area contributed by atoms with E-state index < -0.39 is 17.5 Å². The van der Waals surface area contributed by atoms with Crippen LogP contribution in [0.25, 0.3) is 0 Å². The molecule has 2 N–H and O–H groups in total. The van der Waals surface area contributed by atoms with Gasteiger partial charge < -0.3 is 10.6 Å². The lowest BCUT2D eigenvalue weighted by molar-refractivity contribution is -0.137. The highest BCUT2D eigenvalue weighted by Gasteiger charge is 2.31. The van der Waals surface area contributed by atoms with Crippen molar-refractivity contribution in [2.75, 3.05) is 36.8 Å². The number of nitrogens with two attached hydrogens (primary N) is 1. The van der Waals surface area contributed by atoms with Crippen LogP contribution >= 0.6 is 11.3 Å². The highest BCUT2D eigenvalue weighted by atomic mass is 32.1. The maximum atomic E-state index is 13.1. The number of hydrogen-bond acceptors (Lipinski definition) is 5. The molecule has 0 bridgehead atoms. The van der Waals surface area contributed by atoms with Gasteiger partial charge in [0.15, 0.2) is 5.78 Å². The predicted molar refractivity (Wildman–Crippen MR) is 122 cm³/mol. The number of aryl methyl sites for hydroxylation is 1. The average Bonchev–Trinajstić information content (AvgIpc) is 3.14. The Morgan fingerprint density at radius 2 is 1.75 bits per heavy atom. The van der Waals surface area contributed by atoms with E-state index in [2.05, 4.69) is 41.0 Å². The van der Waals surface area contributed by atoms with Gasteiger partial charge in [-0.05, 0) is 42.1 Å². The highest BCUT2D eigenvalue weighted by Crippen LogP contribution is 2.33. The zero-order valence-electron chi connectivity index (χ0n) is 17.7. The summed E-state index contributed by atoms with van der Waals surface area (Å²) in [5.74, 6) is -0.469. The molecule has 2 aromatic carbocycles. The number of ketones is 1. The third-order valence-electron chi connectivity index (χ3n) is 5.74. The van der Waals surface area contributed by atoms with E-state index in [0.717, 1.165) is 43.9 Å². The molecule has 1 aliphatic rings. The van der Waals surface area contributed by atoms with E-state index >= 15 is 0 Å². The molecule has 168 valence electrons. The Morgan fingerprint density at radius 3 is 2.41 bits per heavy atom. The van der Waals surface area contributed by atoms with Gasteiger partial charge in [-0.3, -0.25) is 9.69 Å². The lowest BCUT2D eigenvalue weighted by Gasteiger charge is -2.36. The summed E-state index contributed by atoms with van der Waals surface area (Å²) < 4.78 is 39.2. The van der Waals surface area contributed by atoms with Crippen LogP contribution in [0.4, 0.5) is 23.9 Å². The predicted octanol–water partition coefficient (Wildman–Crippen LogP) is 5.21. The molecule has 0 unspecified atom stereocenters. The molecule has 0 radical (unpaired) electrons. The van der Waals surface area contributed by atoms with Gasteiger partial charge in [0.05, 0.1) is 16.1 Å². The SMILES string of the molecule is Cc1ccc(N2CCN(Cc3csc(N)c3C(=O)c3cccc(C(F)(F)F)c3)CC2)cc1. The summed E-state index contributed by atoms with van der Waals surface area (Å²) >= 11 is 1.25. The molecular weight excluding hydrogens is 435 g/mol. The molecule has 1 saturated heterocycles. The number of nitrogen functional groups attached to an aromatic ring is 1. The van der Waals surface area contributed by atoms with Crippen LogP contribution in [0.2, 0.25) is 0 Å². The van der Waals surface area contributed by atoms with E-state index in [1.807, 2.05) is 5.38 Å². The van der Waals surface area contributed by atoms with Crippen molar-refractivity contribution in [3.05, 3.63) is 81.7 Å². The molecule has 2 heterocycles. The Labute approximate surface area is 189 Å². The van der Waals surface area contributed by atoms with E-state index in [-0.39, 0.29) is 5.56 Å². The van der Waals surface area contributed by atoms with Crippen molar-refractivity contribution >= 4 is 27.8 Å². The quantitative estimate of drug-likeness (QED) is 0.532. The molecular formula is C24H24F3N3OS. The van der Waals surface area contributed by atoms with Crippen molar-refractivity contribution in [3.63, 3.8) is 0 Å². The molecule has 4 nitrogen and oxygen atoms in total. The van der Waals surface area contributed by atoms with Crippen LogP contribution in [-0.4, -0.2) is 36.9 Å². The molecule has 0 atom stereocenters. The zero-order chi connectivity index (χ0) is 22.9. The van der Waals surface area contributed by atoms with Gasteiger partial charge in [-0.15, -0.1) is 11.3 Å². The highest BCUT2D eigenvalue weighted by molar-refractivity contribution is 7.14. The molecule has 8 heteroatoms. The van der Waals surface area contributed by atoms with Crippen molar-refractivity contribution in [3.8, 4) is 0 Å². The number of rotatable bonds is 5. The normalized spacial score (nSPS) is 15.2. The summed E-state index contributed by atoms with van der Waals surface area (Å²) in [5.41, 5.74) is 8.71. The molecule has 1 fully saturated rings. The van der Waals surface area contributed by atoms with Gasteiger partial charge in [0, 0.05) is 44.0 Å². The molecule has 0 aliphatic carbocycles. The Balaban J connectivity index is 1.47. The van der Waals surface area contributed by atoms with Crippen molar-refractivity contribution < 1.29 is 18.0 Å². The molecule has 0 amide bonds. The average molecular weight is 460 g/mol. The van der Waals surface area contributed by atoms with E-state index in [0.29, 0.717) is 17.1 Å². The maximum absolute atomic E-state index is 13.1. The number of benzene rings is 2. The number of anilines is 2. The minimum Gasteiger partial charge on any atom is -0.390 e. The minimum atomic E-state index is -4.50. The van der Waals surface area contributed by atoms with E-state index in [1.54, 1.807) is 0 Å². The summed E-state index contributed by atoms with van der Waals surface area (Å²) in [6, 6.07) is 12.9. The third kappa shape index (κ3) is 4.81. The fraction of sp³-hybridized carbons (Fsp3) is 0.292. The molecule has 1 aromatic heterocycles. The second-order valence-electron chi connectivity index (χ2n) is 8.01. The van der Waals surface area contributed by atoms with E-state index in [4.69, 9.17) is 5.73 Å². The van der Waals surface area contributed by atoms with Crippen LogP contribution in [0.3, 0.4) is 0 Å². The fourth-order valence-corrected chi connectivity index (χ4v) is 4.73.